The first-order chi connectivity index (χ1) is 16.4. The Morgan fingerprint density at radius 3 is 2.03 bits per heavy atom. The second kappa shape index (κ2) is 10.8. The van der Waals surface area contributed by atoms with Crippen molar-refractivity contribution in [2.45, 2.75) is 49.5 Å². The molecule has 178 valence electrons. The zero-order valence-corrected chi connectivity index (χ0v) is 20.1. The summed E-state index contributed by atoms with van der Waals surface area (Å²) in [6, 6.07) is 22.8. The number of sulfonamides is 1. The van der Waals surface area contributed by atoms with Crippen molar-refractivity contribution < 1.29 is 17.9 Å². The quantitative estimate of drug-likeness (QED) is 0.438. The van der Waals surface area contributed by atoms with Crippen LogP contribution in [0.2, 0.25) is 0 Å². The standard InChI is InChI=1S/C27H30N2O4S/c1-29(27(30)21-13-17-25(18-14-21)33-24-11-7-4-8-12-24)23-15-19-26(20-16-23)34(31,32)28-22-9-5-2-3-6-10-22/h4,7-8,11-20,22,28H,2-3,5-6,9-10H2,1H3. The van der Waals surface area contributed by atoms with Gasteiger partial charge < -0.3 is 9.64 Å². The minimum absolute atomic E-state index is 0.00901. The van der Waals surface area contributed by atoms with Gasteiger partial charge in [-0.1, -0.05) is 43.9 Å². The van der Waals surface area contributed by atoms with Crippen LogP contribution >= 0.6 is 0 Å². The molecule has 0 radical (unpaired) electrons. The summed E-state index contributed by atoms with van der Waals surface area (Å²) in [5.41, 5.74) is 1.12. The van der Waals surface area contributed by atoms with Crippen LogP contribution in [0, 0.1) is 0 Å². The van der Waals surface area contributed by atoms with Gasteiger partial charge in [-0.15, -0.1) is 0 Å². The summed E-state index contributed by atoms with van der Waals surface area (Å²) in [7, 11) is -1.92. The topological polar surface area (TPSA) is 75.7 Å². The monoisotopic (exact) mass is 478 g/mol. The van der Waals surface area contributed by atoms with Crippen molar-refractivity contribution in [1.29, 1.82) is 0 Å². The second-order valence-corrected chi connectivity index (χ2v) is 10.3. The minimum atomic E-state index is -3.59. The third kappa shape index (κ3) is 6.04. The SMILES string of the molecule is CN(C(=O)c1ccc(Oc2ccccc2)cc1)c1ccc(S(=O)(=O)NC2CCCCCC2)cc1. The molecule has 0 atom stereocenters. The predicted molar refractivity (Wildman–Crippen MR) is 134 cm³/mol. The smallest absolute Gasteiger partial charge is 0.258 e. The number of amides is 1. The first kappa shape index (κ1) is 24.0. The highest BCUT2D eigenvalue weighted by molar-refractivity contribution is 7.89. The van der Waals surface area contributed by atoms with E-state index in [9.17, 15) is 13.2 Å². The number of para-hydroxylation sites is 1. The average Bonchev–Trinajstić information content (AvgIpc) is 3.12. The lowest BCUT2D eigenvalue weighted by molar-refractivity contribution is 0.0993. The number of nitrogens with zero attached hydrogens (tertiary/aromatic N) is 1. The van der Waals surface area contributed by atoms with E-state index in [1.165, 1.54) is 4.90 Å². The molecule has 3 aromatic rings. The third-order valence-electron chi connectivity index (χ3n) is 6.10. The molecule has 0 spiro atoms. The van der Waals surface area contributed by atoms with E-state index in [4.69, 9.17) is 4.74 Å². The molecule has 1 N–H and O–H groups in total. The molecule has 3 aromatic carbocycles. The Morgan fingerprint density at radius 2 is 1.41 bits per heavy atom. The zero-order valence-electron chi connectivity index (χ0n) is 19.3. The molecule has 1 aliphatic rings. The Hall–Kier alpha value is -3.16. The van der Waals surface area contributed by atoms with Gasteiger partial charge in [-0.25, -0.2) is 13.1 Å². The largest absolute Gasteiger partial charge is 0.457 e. The number of rotatable bonds is 7. The molecule has 0 aromatic heterocycles. The van der Waals surface area contributed by atoms with Gasteiger partial charge in [0.15, 0.2) is 0 Å². The summed E-state index contributed by atoms with van der Waals surface area (Å²) in [5.74, 6) is 1.17. The Kier molecular flexibility index (Phi) is 7.65. The summed E-state index contributed by atoms with van der Waals surface area (Å²) in [5, 5.41) is 0. The van der Waals surface area contributed by atoms with Crippen LogP contribution in [0.15, 0.2) is 83.8 Å². The van der Waals surface area contributed by atoms with E-state index in [1.807, 2.05) is 30.3 Å². The number of ether oxygens (including phenoxy) is 1. The van der Waals surface area contributed by atoms with Crippen LogP contribution in [-0.4, -0.2) is 27.4 Å². The van der Waals surface area contributed by atoms with Crippen LogP contribution in [0.5, 0.6) is 11.5 Å². The van der Waals surface area contributed by atoms with Gasteiger partial charge in [0.2, 0.25) is 10.0 Å². The highest BCUT2D eigenvalue weighted by Gasteiger charge is 2.22. The number of anilines is 1. The van der Waals surface area contributed by atoms with Crippen molar-refractivity contribution in [2.75, 3.05) is 11.9 Å². The molecule has 4 rings (SSSR count). The van der Waals surface area contributed by atoms with E-state index in [1.54, 1.807) is 55.6 Å². The fraction of sp³-hybridized carbons (Fsp3) is 0.296. The van der Waals surface area contributed by atoms with Gasteiger partial charge in [-0.3, -0.25) is 4.79 Å². The van der Waals surface area contributed by atoms with Crippen molar-refractivity contribution in [2.24, 2.45) is 0 Å². The molecule has 34 heavy (non-hydrogen) atoms. The van der Waals surface area contributed by atoms with E-state index in [0.717, 1.165) is 44.3 Å². The molecule has 0 heterocycles. The van der Waals surface area contributed by atoms with E-state index in [0.29, 0.717) is 17.0 Å². The van der Waals surface area contributed by atoms with E-state index in [-0.39, 0.29) is 16.8 Å². The molecule has 0 saturated heterocycles. The fourth-order valence-electron chi connectivity index (χ4n) is 4.13. The van der Waals surface area contributed by atoms with Crippen molar-refractivity contribution >= 4 is 21.6 Å². The molecule has 1 aliphatic carbocycles. The fourth-order valence-corrected chi connectivity index (χ4v) is 5.44. The molecule has 7 heteroatoms. The van der Waals surface area contributed by atoms with Crippen molar-refractivity contribution in [3.63, 3.8) is 0 Å². The van der Waals surface area contributed by atoms with Gasteiger partial charge in [-0.2, -0.15) is 0 Å². The third-order valence-corrected chi connectivity index (χ3v) is 7.63. The Labute approximate surface area is 201 Å². The minimum Gasteiger partial charge on any atom is -0.457 e. The maximum atomic E-state index is 12.9. The lowest BCUT2D eigenvalue weighted by atomic mass is 10.1. The Bertz CT molecular complexity index is 1190. The summed E-state index contributed by atoms with van der Waals surface area (Å²) in [4.78, 5) is 14.7. The number of hydrogen-bond donors (Lipinski definition) is 1. The van der Waals surface area contributed by atoms with Crippen molar-refractivity contribution in [3.05, 3.63) is 84.4 Å². The van der Waals surface area contributed by atoms with E-state index in [2.05, 4.69) is 4.72 Å². The highest BCUT2D eigenvalue weighted by atomic mass is 32.2. The molecule has 0 aliphatic heterocycles. The van der Waals surface area contributed by atoms with Crippen LogP contribution in [0.25, 0.3) is 0 Å². The zero-order chi connectivity index (χ0) is 24.0. The Morgan fingerprint density at radius 1 is 0.824 bits per heavy atom. The average molecular weight is 479 g/mol. The van der Waals surface area contributed by atoms with Gasteiger partial charge in [0.05, 0.1) is 4.90 Å². The van der Waals surface area contributed by atoms with Crippen molar-refractivity contribution in [1.82, 2.24) is 4.72 Å². The number of carbonyl (C=O) groups excluding carboxylic acids is 1. The number of hydrogen-bond acceptors (Lipinski definition) is 4. The maximum Gasteiger partial charge on any atom is 0.258 e. The van der Waals surface area contributed by atoms with Gasteiger partial charge in [-0.05, 0) is 73.5 Å². The summed E-state index contributed by atoms with van der Waals surface area (Å²) >= 11 is 0. The molecule has 0 unspecified atom stereocenters. The second-order valence-electron chi connectivity index (χ2n) is 8.61. The Balaban J connectivity index is 1.40. The van der Waals surface area contributed by atoms with Crippen molar-refractivity contribution in [3.8, 4) is 11.5 Å². The van der Waals surface area contributed by atoms with E-state index >= 15 is 0 Å². The lowest BCUT2D eigenvalue weighted by Gasteiger charge is -2.19. The summed E-state index contributed by atoms with van der Waals surface area (Å²) in [6.45, 7) is 0. The maximum absolute atomic E-state index is 12.9. The van der Waals surface area contributed by atoms with Crippen LogP contribution in [0.4, 0.5) is 5.69 Å². The molecular weight excluding hydrogens is 448 g/mol. The molecule has 1 fully saturated rings. The number of nitrogens with one attached hydrogen (secondary N) is 1. The van der Waals surface area contributed by atoms with Crippen LogP contribution < -0.4 is 14.4 Å². The molecule has 6 nitrogen and oxygen atoms in total. The van der Waals surface area contributed by atoms with Crippen LogP contribution in [0.1, 0.15) is 48.9 Å². The molecule has 1 saturated carbocycles. The first-order valence-corrected chi connectivity index (χ1v) is 13.1. The van der Waals surface area contributed by atoms with Gasteiger partial charge in [0.25, 0.3) is 5.91 Å². The summed E-state index contributed by atoms with van der Waals surface area (Å²) in [6.07, 6.45) is 6.19. The van der Waals surface area contributed by atoms with Crippen LogP contribution in [0.3, 0.4) is 0 Å². The first-order valence-electron chi connectivity index (χ1n) is 11.7. The summed E-state index contributed by atoms with van der Waals surface area (Å²) < 4.78 is 34.2. The molecule has 0 bridgehead atoms. The molecular formula is C27H30N2O4S. The van der Waals surface area contributed by atoms with Gasteiger partial charge in [0, 0.05) is 24.3 Å². The number of benzene rings is 3. The lowest BCUT2D eigenvalue weighted by Crippen LogP contribution is -2.34. The molecule has 1 amide bonds. The van der Waals surface area contributed by atoms with E-state index < -0.39 is 10.0 Å². The van der Waals surface area contributed by atoms with Crippen LogP contribution in [-0.2, 0) is 10.0 Å². The number of carbonyl (C=O) groups is 1. The van der Waals surface area contributed by atoms with Gasteiger partial charge >= 0.3 is 0 Å². The normalized spacial score (nSPS) is 14.9. The highest BCUT2D eigenvalue weighted by Crippen LogP contribution is 2.24. The predicted octanol–water partition coefficient (Wildman–Crippen LogP) is 5.76. The van der Waals surface area contributed by atoms with Gasteiger partial charge in [0.1, 0.15) is 11.5 Å².